The van der Waals surface area contributed by atoms with E-state index < -0.39 is 0 Å². The van der Waals surface area contributed by atoms with Crippen molar-refractivity contribution in [3.05, 3.63) is 30.1 Å². The lowest BCUT2D eigenvalue weighted by molar-refractivity contribution is 0.997. The highest BCUT2D eigenvalue weighted by atomic mass is 27.0. The number of rotatable bonds is 2. The number of H-pyrrole nitrogens is 1. The molecule has 1 aromatic heterocycles. The molecular weight excluding hydrogens is 163 g/mol. The van der Waals surface area contributed by atoms with E-state index in [4.69, 9.17) is 0 Å². The van der Waals surface area contributed by atoms with Crippen molar-refractivity contribution < 1.29 is 0 Å². The molecule has 0 spiro atoms. The SMILES string of the molecule is [Al][CH2]Cc1nc2ccccc2[nH]1. The molecule has 0 aliphatic rings. The van der Waals surface area contributed by atoms with Crippen molar-refractivity contribution in [2.24, 2.45) is 0 Å². The van der Waals surface area contributed by atoms with Crippen LogP contribution in [0.3, 0.4) is 0 Å². The predicted molar refractivity (Wildman–Crippen MR) is 50.4 cm³/mol. The summed E-state index contributed by atoms with van der Waals surface area (Å²) in [7, 11) is 0. The molecule has 0 aliphatic heterocycles. The van der Waals surface area contributed by atoms with Crippen LogP contribution in [0.15, 0.2) is 24.3 Å². The maximum Gasteiger partial charge on any atom is 0.118 e. The summed E-state index contributed by atoms with van der Waals surface area (Å²) in [6.45, 7) is 0. The zero-order chi connectivity index (χ0) is 8.39. The number of fused-ring (bicyclic) bond motifs is 1. The van der Waals surface area contributed by atoms with E-state index in [1.807, 2.05) is 18.2 Å². The summed E-state index contributed by atoms with van der Waals surface area (Å²) in [5, 5.41) is 1.06. The van der Waals surface area contributed by atoms with Gasteiger partial charge in [0.2, 0.25) is 0 Å². The lowest BCUT2D eigenvalue weighted by Gasteiger charge is -1.87. The van der Waals surface area contributed by atoms with Gasteiger partial charge in [-0.1, -0.05) is 12.1 Å². The van der Waals surface area contributed by atoms with Crippen molar-refractivity contribution in [2.75, 3.05) is 0 Å². The van der Waals surface area contributed by atoms with Gasteiger partial charge in [-0.05, 0) is 18.6 Å². The standard InChI is InChI=1S/C9H9N2.Al/c1-2-9-10-7-5-3-4-6-8(7)11-9;/h3-6H,1-2H2,(H,10,11);. The highest BCUT2D eigenvalue weighted by Gasteiger charge is 1.98. The van der Waals surface area contributed by atoms with E-state index >= 15 is 0 Å². The topological polar surface area (TPSA) is 28.7 Å². The summed E-state index contributed by atoms with van der Waals surface area (Å²) in [6.07, 6.45) is 0.999. The monoisotopic (exact) mass is 172 g/mol. The summed E-state index contributed by atoms with van der Waals surface area (Å²) in [4.78, 5) is 7.71. The maximum atomic E-state index is 4.43. The van der Waals surface area contributed by atoms with Crippen LogP contribution < -0.4 is 0 Å². The van der Waals surface area contributed by atoms with Crippen LogP contribution in [0.5, 0.6) is 0 Å². The van der Waals surface area contributed by atoms with E-state index in [-0.39, 0.29) is 0 Å². The normalized spacial score (nSPS) is 10.7. The summed E-state index contributed by atoms with van der Waals surface area (Å²) in [5.74, 6) is 1.08. The average Bonchev–Trinajstić information content (AvgIpc) is 2.47. The van der Waals surface area contributed by atoms with E-state index in [0.29, 0.717) is 0 Å². The van der Waals surface area contributed by atoms with Gasteiger partial charge in [-0.25, -0.2) is 4.98 Å². The number of hydrogen-bond acceptors (Lipinski definition) is 1. The number of para-hydroxylation sites is 2. The van der Waals surface area contributed by atoms with Crippen LogP contribution in [-0.2, 0) is 6.42 Å². The number of nitrogens with one attached hydrogen (secondary N) is 1. The zero-order valence-electron chi connectivity index (χ0n) is 6.75. The number of aromatic nitrogens is 2. The zero-order valence-corrected chi connectivity index (χ0v) is 7.90. The van der Waals surface area contributed by atoms with Crippen LogP contribution in [0.4, 0.5) is 0 Å². The predicted octanol–water partition coefficient (Wildman–Crippen LogP) is 1.69. The molecule has 0 saturated carbocycles. The molecule has 3 heteroatoms. The molecule has 0 bridgehead atoms. The smallest absolute Gasteiger partial charge is 0.118 e. The molecule has 0 aliphatic carbocycles. The van der Waals surface area contributed by atoms with Crippen LogP contribution in [0, 0.1) is 0 Å². The van der Waals surface area contributed by atoms with Crippen molar-refractivity contribution in [2.45, 2.75) is 11.7 Å². The molecule has 2 rings (SSSR count). The van der Waals surface area contributed by atoms with E-state index in [0.717, 1.165) is 28.6 Å². The Morgan fingerprint density at radius 2 is 2.17 bits per heavy atom. The highest BCUT2D eigenvalue weighted by molar-refractivity contribution is 6.08. The Hall–Kier alpha value is -0.778. The van der Waals surface area contributed by atoms with Crippen LogP contribution in [0.25, 0.3) is 11.0 Å². The average molecular weight is 172 g/mol. The highest BCUT2D eigenvalue weighted by Crippen LogP contribution is 2.10. The molecule has 1 N–H and O–H groups in total. The minimum Gasteiger partial charge on any atom is -0.342 e. The van der Waals surface area contributed by atoms with Crippen LogP contribution in [0.2, 0.25) is 5.28 Å². The fourth-order valence-corrected chi connectivity index (χ4v) is 1.53. The van der Waals surface area contributed by atoms with Crippen molar-refractivity contribution in [1.29, 1.82) is 0 Å². The third-order valence-electron chi connectivity index (χ3n) is 1.82. The summed E-state index contributed by atoms with van der Waals surface area (Å²) in [6, 6.07) is 8.10. The van der Waals surface area contributed by atoms with Crippen molar-refractivity contribution in [3.63, 3.8) is 0 Å². The van der Waals surface area contributed by atoms with Gasteiger partial charge in [0.25, 0.3) is 0 Å². The summed E-state index contributed by atoms with van der Waals surface area (Å²) < 4.78 is 0. The number of nitrogens with zero attached hydrogens (tertiary/aromatic N) is 1. The quantitative estimate of drug-likeness (QED) is 0.686. The van der Waals surface area contributed by atoms with Gasteiger partial charge in [-0.2, -0.15) is 0 Å². The molecule has 1 heterocycles. The molecule has 1 aromatic carbocycles. The Morgan fingerprint density at radius 3 is 2.92 bits per heavy atom. The molecule has 0 unspecified atom stereocenters. The number of aryl methyl sites for hydroxylation is 1. The van der Waals surface area contributed by atoms with Gasteiger partial charge in [0.15, 0.2) is 0 Å². The Balaban J connectivity index is 2.47. The molecule has 0 saturated heterocycles. The maximum absolute atomic E-state index is 4.43. The van der Waals surface area contributed by atoms with Crippen LogP contribution >= 0.6 is 0 Å². The number of hydrogen-bond donors (Lipinski definition) is 1. The molecule has 2 aromatic rings. The van der Waals surface area contributed by atoms with Crippen molar-refractivity contribution >= 4 is 27.3 Å². The fraction of sp³-hybridized carbons (Fsp3) is 0.222. The van der Waals surface area contributed by atoms with Gasteiger partial charge < -0.3 is 4.98 Å². The molecule has 2 radical (unpaired) electrons. The summed E-state index contributed by atoms with van der Waals surface area (Å²) >= 11 is 2.70. The first-order chi connectivity index (χ1) is 5.90. The second-order valence-electron chi connectivity index (χ2n) is 2.74. The van der Waals surface area contributed by atoms with E-state index in [1.54, 1.807) is 0 Å². The Kier molecular flexibility index (Phi) is 2.16. The Bertz CT molecular complexity index is 348. The Morgan fingerprint density at radius 1 is 1.33 bits per heavy atom. The molecule has 0 fully saturated rings. The molecule has 12 heavy (non-hydrogen) atoms. The summed E-state index contributed by atoms with van der Waals surface area (Å²) in [5.41, 5.74) is 2.19. The fourth-order valence-electron chi connectivity index (χ4n) is 1.26. The van der Waals surface area contributed by atoms with Crippen molar-refractivity contribution in [3.8, 4) is 0 Å². The van der Waals surface area contributed by atoms with Crippen LogP contribution in [0.1, 0.15) is 5.82 Å². The van der Waals surface area contributed by atoms with E-state index in [2.05, 4.69) is 32.3 Å². The van der Waals surface area contributed by atoms with Gasteiger partial charge in [0.05, 0.1) is 11.0 Å². The molecule has 0 amide bonds. The minimum atomic E-state index is 0.999. The first-order valence-corrected chi connectivity index (χ1v) is 4.85. The minimum absolute atomic E-state index is 0.999. The second-order valence-corrected chi connectivity index (χ2v) is 3.32. The van der Waals surface area contributed by atoms with Crippen LogP contribution in [-0.4, -0.2) is 26.3 Å². The molecule has 58 valence electrons. The second kappa shape index (κ2) is 3.30. The largest absolute Gasteiger partial charge is 0.342 e. The third kappa shape index (κ3) is 1.38. The van der Waals surface area contributed by atoms with Crippen molar-refractivity contribution in [1.82, 2.24) is 9.97 Å². The van der Waals surface area contributed by atoms with Gasteiger partial charge in [0.1, 0.15) is 22.1 Å². The number of aromatic amines is 1. The van der Waals surface area contributed by atoms with Gasteiger partial charge in [-0.3, -0.25) is 0 Å². The number of benzene rings is 1. The first kappa shape index (κ1) is 7.85. The third-order valence-corrected chi connectivity index (χ3v) is 2.11. The molecular formula is C9H9AlN2. The number of imidazole rings is 1. The van der Waals surface area contributed by atoms with E-state index in [9.17, 15) is 0 Å². The van der Waals surface area contributed by atoms with Gasteiger partial charge >= 0.3 is 0 Å². The first-order valence-electron chi connectivity index (χ1n) is 4.04. The van der Waals surface area contributed by atoms with Gasteiger partial charge in [0, 0.05) is 0 Å². The Labute approximate surface area is 79.4 Å². The van der Waals surface area contributed by atoms with E-state index in [1.165, 1.54) is 0 Å². The molecule has 0 atom stereocenters. The lowest BCUT2D eigenvalue weighted by Crippen LogP contribution is -1.85. The van der Waals surface area contributed by atoms with Gasteiger partial charge in [-0.15, -0.1) is 5.28 Å². The molecule has 2 nitrogen and oxygen atoms in total. The lowest BCUT2D eigenvalue weighted by atomic mass is 10.3.